The van der Waals surface area contributed by atoms with Crippen LogP contribution < -0.4 is 0 Å². The summed E-state index contributed by atoms with van der Waals surface area (Å²) in [5.74, 6) is -0.732. The Labute approximate surface area is 121 Å². The molecule has 1 aromatic rings. The van der Waals surface area contributed by atoms with Crippen LogP contribution in [-0.4, -0.2) is 23.1 Å². The maximum Gasteiger partial charge on any atom is 0.237 e. The van der Waals surface area contributed by atoms with Gasteiger partial charge >= 0.3 is 0 Å². The summed E-state index contributed by atoms with van der Waals surface area (Å²) in [5.41, 5.74) is 2.71. The van der Waals surface area contributed by atoms with Gasteiger partial charge in [-0.1, -0.05) is 38.6 Å². The summed E-state index contributed by atoms with van der Waals surface area (Å²) in [5, 5.41) is 0. The van der Waals surface area contributed by atoms with Crippen molar-refractivity contribution in [2.75, 3.05) is 6.54 Å². The lowest BCUT2D eigenvalue weighted by Gasteiger charge is -2.12. The van der Waals surface area contributed by atoms with E-state index in [4.69, 9.17) is 0 Å². The summed E-state index contributed by atoms with van der Waals surface area (Å²) in [6, 6.07) is 5.63. The summed E-state index contributed by atoms with van der Waals surface area (Å²) in [6.45, 7) is 12.1. The Kier molecular flexibility index (Phi) is 5.68. The molecular formula is C17H23NO2. The van der Waals surface area contributed by atoms with Gasteiger partial charge < -0.3 is 4.90 Å². The van der Waals surface area contributed by atoms with Crippen LogP contribution in [0, 0.1) is 19.8 Å². The lowest BCUT2D eigenvalue weighted by atomic mass is 9.91. The van der Waals surface area contributed by atoms with E-state index in [1.165, 1.54) is 11.1 Å². The molecule has 1 heterocycles. The number of benzene rings is 1. The van der Waals surface area contributed by atoms with Crippen molar-refractivity contribution in [1.82, 2.24) is 4.90 Å². The van der Waals surface area contributed by atoms with Gasteiger partial charge in [-0.2, -0.15) is 0 Å². The van der Waals surface area contributed by atoms with Crippen molar-refractivity contribution >= 4 is 11.7 Å². The van der Waals surface area contributed by atoms with Gasteiger partial charge in [0.15, 0.2) is 5.78 Å². The fourth-order valence-corrected chi connectivity index (χ4v) is 2.33. The van der Waals surface area contributed by atoms with E-state index in [1.807, 2.05) is 39.8 Å². The third-order valence-corrected chi connectivity index (χ3v) is 3.65. The second kappa shape index (κ2) is 7.04. The molecule has 1 fully saturated rings. The predicted octanol–water partition coefficient (Wildman–Crippen LogP) is 3.50. The van der Waals surface area contributed by atoms with E-state index in [-0.39, 0.29) is 11.7 Å². The van der Waals surface area contributed by atoms with E-state index < -0.39 is 5.92 Å². The predicted molar refractivity (Wildman–Crippen MR) is 81.6 cm³/mol. The van der Waals surface area contributed by atoms with Crippen molar-refractivity contribution < 1.29 is 9.59 Å². The number of hydrogen-bond donors (Lipinski definition) is 0. The highest BCUT2D eigenvalue weighted by molar-refractivity contribution is 6.11. The van der Waals surface area contributed by atoms with E-state index in [0.717, 1.165) is 11.1 Å². The molecule has 0 N–H and O–H groups in total. The van der Waals surface area contributed by atoms with Crippen LogP contribution in [0.2, 0.25) is 0 Å². The smallest absolute Gasteiger partial charge is 0.237 e. The van der Waals surface area contributed by atoms with Crippen LogP contribution in [0.15, 0.2) is 31.0 Å². The SMILES string of the molecule is C=CN1CCC(C(=O)c2cccc(C)c2C)C1=O.CC. The number of rotatable bonds is 3. The maximum atomic E-state index is 12.4. The van der Waals surface area contributed by atoms with Gasteiger partial charge in [-0.15, -0.1) is 0 Å². The van der Waals surface area contributed by atoms with Gasteiger partial charge in [0.25, 0.3) is 0 Å². The molecule has 1 aliphatic rings. The zero-order chi connectivity index (χ0) is 15.3. The number of likely N-dealkylation sites (tertiary alicyclic amines) is 1. The van der Waals surface area contributed by atoms with Gasteiger partial charge in [0.05, 0.1) is 0 Å². The highest BCUT2D eigenvalue weighted by Gasteiger charge is 2.36. The highest BCUT2D eigenvalue weighted by atomic mass is 16.2. The van der Waals surface area contributed by atoms with Crippen molar-refractivity contribution in [1.29, 1.82) is 0 Å². The summed E-state index contributed by atoms with van der Waals surface area (Å²) >= 11 is 0. The van der Waals surface area contributed by atoms with Gasteiger partial charge in [0.2, 0.25) is 5.91 Å². The minimum absolute atomic E-state index is 0.0643. The second-order valence-corrected chi connectivity index (χ2v) is 4.67. The Morgan fingerprint density at radius 1 is 1.35 bits per heavy atom. The molecule has 0 spiro atoms. The van der Waals surface area contributed by atoms with Crippen molar-refractivity contribution in [3.63, 3.8) is 0 Å². The molecule has 1 aliphatic heterocycles. The van der Waals surface area contributed by atoms with Crippen molar-refractivity contribution in [3.8, 4) is 0 Å². The fourth-order valence-electron chi connectivity index (χ4n) is 2.33. The Morgan fingerprint density at radius 3 is 2.55 bits per heavy atom. The summed E-state index contributed by atoms with van der Waals surface area (Å²) in [6.07, 6.45) is 2.08. The number of ketones is 1. The van der Waals surface area contributed by atoms with E-state index >= 15 is 0 Å². The normalized spacial score (nSPS) is 17.5. The first kappa shape index (κ1) is 16.2. The van der Waals surface area contributed by atoms with E-state index in [0.29, 0.717) is 18.5 Å². The molecular weight excluding hydrogens is 250 g/mol. The number of nitrogens with zero attached hydrogens (tertiary/aromatic N) is 1. The number of aryl methyl sites for hydroxylation is 1. The number of carbonyl (C=O) groups excluding carboxylic acids is 2. The molecule has 20 heavy (non-hydrogen) atoms. The van der Waals surface area contributed by atoms with Crippen LogP contribution in [0.1, 0.15) is 41.8 Å². The van der Waals surface area contributed by atoms with Crippen LogP contribution in [0.5, 0.6) is 0 Å². The Morgan fingerprint density at radius 2 is 2.00 bits per heavy atom. The molecule has 1 aromatic carbocycles. The molecule has 0 aromatic heterocycles. The molecule has 3 heteroatoms. The van der Waals surface area contributed by atoms with Crippen LogP contribution in [-0.2, 0) is 4.79 Å². The minimum Gasteiger partial charge on any atom is -0.319 e. The Balaban J connectivity index is 0.000000956. The quantitative estimate of drug-likeness (QED) is 0.624. The first-order valence-corrected chi connectivity index (χ1v) is 7.09. The van der Waals surface area contributed by atoms with E-state index in [9.17, 15) is 9.59 Å². The molecule has 3 nitrogen and oxygen atoms in total. The van der Waals surface area contributed by atoms with Crippen molar-refractivity contribution in [2.24, 2.45) is 5.92 Å². The Bertz CT molecular complexity index is 520. The fraction of sp³-hybridized carbons (Fsp3) is 0.412. The van der Waals surface area contributed by atoms with Crippen LogP contribution in [0.3, 0.4) is 0 Å². The van der Waals surface area contributed by atoms with Crippen LogP contribution >= 0.6 is 0 Å². The average molecular weight is 273 g/mol. The standard InChI is InChI=1S/C15H17NO2.C2H6/c1-4-16-9-8-13(15(16)18)14(17)12-7-5-6-10(2)11(12)3;1-2/h4-7,13H,1,8-9H2,2-3H3;1-2H3. The largest absolute Gasteiger partial charge is 0.319 e. The molecule has 1 atom stereocenters. The second-order valence-electron chi connectivity index (χ2n) is 4.67. The van der Waals surface area contributed by atoms with Gasteiger partial charge in [-0.05, 0) is 37.6 Å². The maximum absolute atomic E-state index is 12.4. The molecule has 0 radical (unpaired) electrons. The zero-order valence-electron chi connectivity index (χ0n) is 12.8. The monoisotopic (exact) mass is 273 g/mol. The molecule has 108 valence electrons. The summed E-state index contributed by atoms with van der Waals surface area (Å²) in [7, 11) is 0. The third kappa shape index (κ3) is 2.98. The molecule has 0 bridgehead atoms. The molecule has 1 unspecified atom stereocenters. The number of carbonyl (C=O) groups is 2. The van der Waals surface area contributed by atoms with Gasteiger partial charge in [0, 0.05) is 12.1 Å². The van der Waals surface area contributed by atoms with Crippen molar-refractivity contribution in [2.45, 2.75) is 34.1 Å². The number of amides is 1. The van der Waals surface area contributed by atoms with Gasteiger partial charge in [0.1, 0.15) is 5.92 Å². The first-order valence-electron chi connectivity index (χ1n) is 7.09. The molecule has 2 rings (SSSR count). The first-order chi connectivity index (χ1) is 9.56. The van der Waals surface area contributed by atoms with Gasteiger partial charge in [-0.25, -0.2) is 0 Å². The lowest BCUT2D eigenvalue weighted by molar-refractivity contribution is -0.127. The number of Topliss-reactive ketones (excluding diaryl/α,β-unsaturated/α-hetero) is 1. The molecule has 1 amide bonds. The Hall–Kier alpha value is -1.90. The van der Waals surface area contributed by atoms with Crippen molar-refractivity contribution in [3.05, 3.63) is 47.7 Å². The number of hydrogen-bond acceptors (Lipinski definition) is 2. The van der Waals surface area contributed by atoms with Crippen LogP contribution in [0.25, 0.3) is 0 Å². The zero-order valence-corrected chi connectivity index (χ0v) is 12.8. The molecule has 0 saturated carbocycles. The van der Waals surface area contributed by atoms with E-state index in [2.05, 4.69) is 6.58 Å². The summed E-state index contributed by atoms with van der Waals surface area (Å²) in [4.78, 5) is 25.9. The molecule has 1 saturated heterocycles. The topological polar surface area (TPSA) is 37.4 Å². The average Bonchev–Trinajstić information content (AvgIpc) is 2.84. The van der Waals surface area contributed by atoms with Crippen LogP contribution in [0.4, 0.5) is 0 Å². The molecule has 0 aliphatic carbocycles. The summed E-state index contributed by atoms with van der Waals surface area (Å²) < 4.78 is 0. The van der Waals surface area contributed by atoms with E-state index in [1.54, 1.807) is 6.07 Å². The highest BCUT2D eigenvalue weighted by Crippen LogP contribution is 2.24. The third-order valence-electron chi connectivity index (χ3n) is 3.65. The minimum atomic E-state index is -0.538. The lowest BCUT2D eigenvalue weighted by Crippen LogP contribution is -2.27. The van der Waals surface area contributed by atoms with Gasteiger partial charge in [-0.3, -0.25) is 9.59 Å².